The molecule has 0 N–H and O–H groups in total. The summed E-state index contributed by atoms with van der Waals surface area (Å²) in [7, 11) is 0. The van der Waals surface area contributed by atoms with Crippen molar-refractivity contribution in [2.75, 3.05) is 6.54 Å². The number of nitrogens with zero attached hydrogens (tertiary/aromatic N) is 1. The third-order valence-corrected chi connectivity index (χ3v) is 3.34. The summed E-state index contributed by atoms with van der Waals surface area (Å²) < 4.78 is 0.697. The van der Waals surface area contributed by atoms with Crippen LogP contribution in [0.25, 0.3) is 0 Å². The molecule has 0 atom stereocenters. The lowest BCUT2D eigenvalue weighted by Gasteiger charge is -2.12. The lowest BCUT2D eigenvalue weighted by Crippen LogP contribution is -2.30. The fourth-order valence-electron chi connectivity index (χ4n) is 1.81. The summed E-state index contributed by atoms with van der Waals surface area (Å²) in [5, 5.41) is 0. The smallest absolute Gasteiger partial charge is 0.262 e. The third-order valence-electron chi connectivity index (χ3n) is 2.68. The van der Waals surface area contributed by atoms with E-state index in [1.807, 2.05) is 6.92 Å². The first-order valence-electron chi connectivity index (χ1n) is 5.31. The Hall–Kier alpha value is -1.16. The second-order valence-electron chi connectivity index (χ2n) is 3.78. The number of rotatable bonds is 3. The standard InChI is InChI=1S/C12H12BrNO2/c1-2-3-7-14-11(15)8-5-4-6-9(13)10(8)12(14)16/h4-6H,2-3,7H2,1H3. The van der Waals surface area contributed by atoms with Crippen LogP contribution in [-0.2, 0) is 0 Å². The third kappa shape index (κ3) is 1.67. The Morgan fingerprint density at radius 1 is 1.25 bits per heavy atom. The number of carbonyl (C=O) groups excluding carboxylic acids is 2. The molecule has 1 heterocycles. The predicted molar refractivity (Wildman–Crippen MR) is 64.4 cm³/mol. The normalized spacial score (nSPS) is 14.5. The summed E-state index contributed by atoms with van der Waals surface area (Å²) in [6.07, 6.45) is 1.82. The van der Waals surface area contributed by atoms with Gasteiger partial charge in [-0.3, -0.25) is 14.5 Å². The van der Waals surface area contributed by atoms with Crippen molar-refractivity contribution in [3.05, 3.63) is 33.8 Å². The first kappa shape index (κ1) is 11.3. The number of fused-ring (bicyclic) bond motifs is 1. The molecule has 0 saturated carbocycles. The topological polar surface area (TPSA) is 37.4 Å². The average molecular weight is 282 g/mol. The molecule has 2 rings (SSSR count). The van der Waals surface area contributed by atoms with Gasteiger partial charge in [0.05, 0.1) is 11.1 Å². The number of benzene rings is 1. The molecule has 1 aromatic rings. The molecule has 0 aliphatic carbocycles. The zero-order valence-corrected chi connectivity index (χ0v) is 10.6. The van der Waals surface area contributed by atoms with E-state index in [1.165, 1.54) is 4.90 Å². The molecule has 0 spiro atoms. The van der Waals surface area contributed by atoms with Gasteiger partial charge in [0.1, 0.15) is 0 Å². The Morgan fingerprint density at radius 3 is 2.62 bits per heavy atom. The van der Waals surface area contributed by atoms with Gasteiger partial charge in [-0.25, -0.2) is 0 Å². The monoisotopic (exact) mass is 281 g/mol. The van der Waals surface area contributed by atoms with Crippen molar-refractivity contribution in [3.63, 3.8) is 0 Å². The van der Waals surface area contributed by atoms with Crippen LogP contribution in [0.4, 0.5) is 0 Å². The zero-order valence-electron chi connectivity index (χ0n) is 9.00. The fourth-order valence-corrected chi connectivity index (χ4v) is 2.35. The highest BCUT2D eigenvalue weighted by atomic mass is 79.9. The highest BCUT2D eigenvalue weighted by Crippen LogP contribution is 2.29. The highest BCUT2D eigenvalue weighted by Gasteiger charge is 2.36. The molecule has 1 aliphatic rings. The number of hydrogen-bond acceptors (Lipinski definition) is 2. The number of amides is 2. The lowest BCUT2D eigenvalue weighted by molar-refractivity contribution is 0.0652. The lowest BCUT2D eigenvalue weighted by atomic mass is 10.1. The molecule has 1 aliphatic heterocycles. The molecule has 0 saturated heterocycles. The van der Waals surface area contributed by atoms with E-state index in [-0.39, 0.29) is 11.8 Å². The van der Waals surface area contributed by atoms with Gasteiger partial charge < -0.3 is 0 Å². The van der Waals surface area contributed by atoms with Gasteiger partial charge in [-0.15, -0.1) is 0 Å². The molecule has 84 valence electrons. The number of imide groups is 1. The van der Waals surface area contributed by atoms with E-state index in [1.54, 1.807) is 18.2 Å². The summed E-state index contributed by atoms with van der Waals surface area (Å²) >= 11 is 3.31. The maximum atomic E-state index is 12.0. The van der Waals surface area contributed by atoms with Crippen LogP contribution in [0.15, 0.2) is 22.7 Å². The van der Waals surface area contributed by atoms with E-state index in [2.05, 4.69) is 15.9 Å². The Morgan fingerprint density at radius 2 is 2.00 bits per heavy atom. The molecule has 0 unspecified atom stereocenters. The van der Waals surface area contributed by atoms with Crippen molar-refractivity contribution >= 4 is 27.7 Å². The van der Waals surface area contributed by atoms with Crippen LogP contribution in [0, 0.1) is 0 Å². The van der Waals surface area contributed by atoms with Crippen LogP contribution < -0.4 is 0 Å². The zero-order chi connectivity index (χ0) is 11.7. The van der Waals surface area contributed by atoms with Crippen molar-refractivity contribution in [1.82, 2.24) is 4.90 Å². The van der Waals surface area contributed by atoms with E-state index >= 15 is 0 Å². The van der Waals surface area contributed by atoms with E-state index < -0.39 is 0 Å². The van der Waals surface area contributed by atoms with Crippen LogP contribution in [0.2, 0.25) is 0 Å². The summed E-state index contributed by atoms with van der Waals surface area (Å²) in [4.78, 5) is 25.3. The molecule has 4 heteroatoms. The van der Waals surface area contributed by atoms with Crippen molar-refractivity contribution in [3.8, 4) is 0 Å². The van der Waals surface area contributed by atoms with Crippen molar-refractivity contribution in [2.24, 2.45) is 0 Å². The summed E-state index contributed by atoms with van der Waals surface area (Å²) in [5.74, 6) is -0.351. The second kappa shape index (κ2) is 4.37. The van der Waals surface area contributed by atoms with Crippen LogP contribution >= 0.6 is 15.9 Å². The van der Waals surface area contributed by atoms with E-state index in [0.29, 0.717) is 22.1 Å². The summed E-state index contributed by atoms with van der Waals surface area (Å²) in [6, 6.07) is 5.26. The van der Waals surface area contributed by atoms with Crippen LogP contribution in [-0.4, -0.2) is 23.3 Å². The maximum absolute atomic E-state index is 12.0. The Kier molecular flexibility index (Phi) is 3.10. The summed E-state index contributed by atoms with van der Waals surface area (Å²) in [5.41, 5.74) is 1.01. The molecule has 2 amide bonds. The predicted octanol–water partition coefficient (Wildman–Crippen LogP) is 2.85. The molecular weight excluding hydrogens is 270 g/mol. The van der Waals surface area contributed by atoms with E-state index in [9.17, 15) is 9.59 Å². The van der Waals surface area contributed by atoms with Crippen LogP contribution in [0.5, 0.6) is 0 Å². The summed E-state index contributed by atoms with van der Waals surface area (Å²) in [6.45, 7) is 2.55. The molecule has 3 nitrogen and oxygen atoms in total. The second-order valence-corrected chi connectivity index (χ2v) is 4.63. The number of carbonyl (C=O) groups is 2. The Bertz CT molecular complexity index is 456. The Labute approximate surface area is 103 Å². The van der Waals surface area contributed by atoms with Gasteiger partial charge in [-0.2, -0.15) is 0 Å². The number of hydrogen-bond donors (Lipinski definition) is 0. The van der Waals surface area contributed by atoms with Gasteiger partial charge in [0, 0.05) is 11.0 Å². The number of unbranched alkanes of at least 4 members (excludes halogenated alkanes) is 1. The van der Waals surface area contributed by atoms with Gasteiger partial charge >= 0.3 is 0 Å². The maximum Gasteiger partial charge on any atom is 0.262 e. The highest BCUT2D eigenvalue weighted by molar-refractivity contribution is 9.10. The van der Waals surface area contributed by atoms with E-state index in [4.69, 9.17) is 0 Å². The minimum atomic E-state index is -0.180. The molecule has 1 aromatic carbocycles. The molecule has 0 fully saturated rings. The number of halogens is 1. The van der Waals surface area contributed by atoms with E-state index in [0.717, 1.165) is 12.8 Å². The average Bonchev–Trinajstić information content (AvgIpc) is 2.51. The van der Waals surface area contributed by atoms with Crippen molar-refractivity contribution < 1.29 is 9.59 Å². The molecule has 0 bridgehead atoms. The molecule has 16 heavy (non-hydrogen) atoms. The minimum Gasteiger partial charge on any atom is -0.274 e. The SMILES string of the molecule is CCCCN1C(=O)c2cccc(Br)c2C1=O. The van der Waals surface area contributed by atoms with Crippen LogP contribution in [0.3, 0.4) is 0 Å². The first-order chi connectivity index (χ1) is 7.66. The van der Waals surface area contributed by atoms with Gasteiger partial charge in [0.25, 0.3) is 11.8 Å². The largest absolute Gasteiger partial charge is 0.274 e. The van der Waals surface area contributed by atoms with Gasteiger partial charge in [-0.05, 0) is 34.5 Å². The fraction of sp³-hybridized carbons (Fsp3) is 0.333. The Balaban J connectivity index is 2.37. The molecular formula is C12H12BrNO2. The van der Waals surface area contributed by atoms with Crippen molar-refractivity contribution in [1.29, 1.82) is 0 Å². The molecule has 0 aromatic heterocycles. The minimum absolute atomic E-state index is 0.172. The van der Waals surface area contributed by atoms with Crippen LogP contribution in [0.1, 0.15) is 40.5 Å². The molecule has 0 radical (unpaired) electrons. The quantitative estimate of drug-likeness (QED) is 0.799. The van der Waals surface area contributed by atoms with Gasteiger partial charge in [0.2, 0.25) is 0 Å². The first-order valence-corrected chi connectivity index (χ1v) is 6.10. The van der Waals surface area contributed by atoms with Crippen molar-refractivity contribution in [2.45, 2.75) is 19.8 Å². The van der Waals surface area contributed by atoms with Gasteiger partial charge in [-0.1, -0.05) is 19.4 Å². The van der Waals surface area contributed by atoms with Gasteiger partial charge in [0.15, 0.2) is 0 Å².